The molecule has 0 aliphatic carbocycles. The number of amides is 3. The lowest BCUT2D eigenvalue weighted by molar-refractivity contribution is -0.130. The fourth-order valence-corrected chi connectivity index (χ4v) is 4.78. The summed E-state index contributed by atoms with van der Waals surface area (Å²) in [5.41, 5.74) is 1.60. The van der Waals surface area contributed by atoms with Crippen LogP contribution in [-0.2, 0) is 20.8 Å². The molecule has 2 aromatic heterocycles. The Morgan fingerprint density at radius 2 is 1.88 bits per heavy atom. The van der Waals surface area contributed by atoms with E-state index in [4.69, 9.17) is 0 Å². The largest absolute Gasteiger partial charge is 0.343 e. The monoisotopic (exact) mass is 480 g/mol. The van der Waals surface area contributed by atoms with Gasteiger partial charge in [0.2, 0.25) is 11.8 Å². The van der Waals surface area contributed by atoms with E-state index in [1.54, 1.807) is 26.2 Å². The molecule has 3 unspecified atom stereocenters. The molecule has 0 saturated heterocycles. The fourth-order valence-electron chi connectivity index (χ4n) is 3.91. The van der Waals surface area contributed by atoms with Gasteiger partial charge in [-0.25, -0.2) is 9.97 Å². The number of pyridine rings is 1. The first-order valence-corrected chi connectivity index (χ1v) is 12.0. The summed E-state index contributed by atoms with van der Waals surface area (Å²) in [5, 5.41) is 9.07. The zero-order valence-electron chi connectivity index (χ0n) is 19.5. The number of anilines is 2. The van der Waals surface area contributed by atoms with E-state index in [-0.39, 0.29) is 23.6 Å². The van der Waals surface area contributed by atoms with Crippen molar-refractivity contribution in [3.05, 3.63) is 48.2 Å². The number of likely N-dealkylation sites (N-methyl/N-ethyl adjacent to an activating group) is 1. The number of carbonyl (C=O) groups excluding carboxylic acids is 3. The van der Waals surface area contributed by atoms with Crippen LogP contribution in [0.2, 0.25) is 0 Å². The normalized spacial score (nSPS) is 16.9. The summed E-state index contributed by atoms with van der Waals surface area (Å²) in [4.78, 5) is 50.0. The first-order chi connectivity index (χ1) is 16.3. The lowest BCUT2D eigenvalue weighted by Gasteiger charge is -2.30. The Morgan fingerprint density at radius 1 is 1.12 bits per heavy atom. The number of carbonyl (C=O) groups is 3. The number of aromatic nitrogens is 2. The summed E-state index contributed by atoms with van der Waals surface area (Å²) in [7, 11) is 1.68. The van der Waals surface area contributed by atoms with Crippen LogP contribution >= 0.6 is 11.3 Å². The van der Waals surface area contributed by atoms with Gasteiger partial charge in [0.1, 0.15) is 17.9 Å². The smallest absolute Gasteiger partial charge is 0.251 e. The van der Waals surface area contributed by atoms with Gasteiger partial charge in [0.15, 0.2) is 5.13 Å². The molecule has 1 aliphatic heterocycles. The highest BCUT2D eigenvalue weighted by Crippen LogP contribution is 2.33. The Bertz CT molecular complexity index is 1190. The van der Waals surface area contributed by atoms with Gasteiger partial charge in [0, 0.05) is 12.6 Å². The van der Waals surface area contributed by atoms with Crippen molar-refractivity contribution in [3.63, 3.8) is 0 Å². The Morgan fingerprint density at radius 3 is 2.59 bits per heavy atom. The van der Waals surface area contributed by atoms with Gasteiger partial charge in [-0.2, -0.15) is 0 Å². The highest BCUT2D eigenvalue weighted by atomic mass is 32.1. The van der Waals surface area contributed by atoms with Crippen LogP contribution in [0.25, 0.3) is 10.2 Å². The first kappa shape index (κ1) is 23.8. The van der Waals surface area contributed by atoms with E-state index in [1.807, 2.05) is 44.2 Å². The van der Waals surface area contributed by atoms with E-state index in [0.717, 1.165) is 15.8 Å². The lowest BCUT2D eigenvalue weighted by Crippen LogP contribution is -2.57. The van der Waals surface area contributed by atoms with E-state index in [1.165, 1.54) is 16.2 Å². The lowest BCUT2D eigenvalue weighted by atomic mass is 10.0. The van der Waals surface area contributed by atoms with Crippen molar-refractivity contribution in [1.29, 1.82) is 0 Å². The molecule has 3 heterocycles. The van der Waals surface area contributed by atoms with Crippen LogP contribution in [0, 0.1) is 5.92 Å². The van der Waals surface area contributed by atoms with Gasteiger partial charge in [0.05, 0.1) is 16.3 Å². The summed E-state index contributed by atoms with van der Waals surface area (Å²) < 4.78 is 0.961. The van der Waals surface area contributed by atoms with Crippen molar-refractivity contribution < 1.29 is 14.4 Å². The van der Waals surface area contributed by atoms with Gasteiger partial charge >= 0.3 is 0 Å². The van der Waals surface area contributed by atoms with Crippen LogP contribution in [0.1, 0.15) is 26.3 Å². The summed E-state index contributed by atoms with van der Waals surface area (Å²) in [5.74, 6) is -0.749. The third-order valence-corrected chi connectivity index (χ3v) is 6.89. The van der Waals surface area contributed by atoms with Crippen LogP contribution in [0.15, 0.2) is 42.6 Å². The average molecular weight is 481 g/mol. The molecule has 0 bridgehead atoms. The van der Waals surface area contributed by atoms with Crippen molar-refractivity contribution in [2.24, 2.45) is 5.92 Å². The zero-order chi connectivity index (χ0) is 24.4. The number of fused-ring (bicyclic) bond motifs is 2. The maximum atomic E-state index is 13.8. The van der Waals surface area contributed by atoms with Crippen LogP contribution in [-0.4, -0.2) is 52.9 Å². The van der Waals surface area contributed by atoms with Gasteiger partial charge in [0.25, 0.3) is 5.91 Å². The Kier molecular flexibility index (Phi) is 6.90. The second-order valence-electron chi connectivity index (χ2n) is 8.63. The van der Waals surface area contributed by atoms with Crippen LogP contribution in [0.4, 0.5) is 10.9 Å². The molecule has 3 N–H and O–H groups in total. The molecule has 1 aliphatic rings. The summed E-state index contributed by atoms with van der Waals surface area (Å²) >= 11 is 1.38. The number of benzene rings is 1. The van der Waals surface area contributed by atoms with Crippen LogP contribution in [0.5, 0.6) is 0 Å². The Hall–Kier alpha value is -3.37. The zero-order valence-corrected chi connectivity index (χ0v) is 20.3. The van der Waals surface area contributed by atoms with Crippen molar-refractivity contribution in [2.75, 3.05) is 17.3 Å². The SMILES string of the molecule is CNC(C)C(=O)NC(C(=O)N1c2ncccc2CC1C(=O)Nc1nc2ccccc2s1)C(C)C. The Balaban J connectivity index is 1.62. The van der Waals surface area contributed by atoms with Crippen molar-refractivity contribution >= 4 is 50.2 Å². The predicted molar refractivity (Wildman–Crippen MR) is 133 cm³/mol. The molecular formula is C24H28N6O3S. The highest BCUT2D eigenvalue weighted by Gasteiger charge is 2.43. The number of rotatable bonds is 7. The van der Waals surface area contributed by atoms with Crippen LogP contribution < -0.4 is 20.9 Å². The van der Waals surface area contributed by atoms with Crippen molar-refractivity contribution in [1.82, 2.24) is 20.6 Å². The molecule has 4 rings (SSSR count). The molecule has 3 amide bonds. The molecule has 178 valence electrons. The summed E-state index contributed by atoms with van der Waals surface area (Å²) in [6.07, 6.45) is 1.93. The predicted octanol–water partition coefficient (Wildman–Crippen LogP) is 2.34. The standard InChI is InChI=1S/C24H28N6O3S/c1-13(2)19(28-21(31)14(3)25-4)23(33)30-17(12-15-8-7-11-26-20(15)30)22(32)29-24-27-16-9-5-6-10-18(16)34-24/h5-11,13-14,17,19,25H,12H2,1-4H3,(H,28,31)(H,27,29,32). The van der Waals surface area contributed by atoms with E-state index < -0.39 is 18.1 Å². The fraction of sp³-hybridized carbons (Fsp3) is 0.375. The van der Waals surface area contributed by atoms with E-state index in [2.05, 4.69) is 25.9 Å². The third-order valence-electron chi connectivity index (χ3n) is 5.94. The van der Waals surface area contributed by atoms with E-state index >= 15 is 0 Å². The molecule has 0 spiro atoms. The number of nitrogens with one attached hydrogen (secondary N) is 3. The van der Waals surface area contributed by atoms with Crippen LogP contribution in [0.3, 0.4) is 0 Å². The minimum absolute atomic E-state index is 0.193. The topological polar surface area (TPSA) is 116 Å². The molecule has 1 aromatic carbocycles. The second-order valence-corrected chi connectivity index (χ2v) is 9.66. The summed E-state index contributed by atoms with van der Waals surface area (Å²) in [6, 6.07) is 9.20. The molecule has 9 nitrogen and oxygen atoms in total. The quantitative estimate of drug-likeness (QED) is 0.478. The van der Waals surface area contributed by atoms with E-state index in [9.17, 15) is 14.4 Å². The number of thiazole rings is 1. The van der Waals surface area contributed by atoms with Crippen molar-refractivity contribution in [3.8, 4) is 0 Å². The van der Waals surface area contributed by atoms with Crippen molar-refractivity contribution in [2.45, 2.75) is 45.3 Å². The molecular weight excluding hydrogens is 452 g/mol. The average Bonchev–Trinajstić information content (AvgIpc) is 3.42. The molecule has 0 saturated carbocycles. The van der Waals surface area contributed by atoms with Gasteiger partial charge in [-0.05, 0) is 43.7 Å². The number of hydrogen-bond acceptors (Lipinski definition) is 7. The second kappa shape index (κ2) is 9.86. The molecule has 34 heavy (non-hydrogen) atoms. The molecule has 3 atom stereocenters. The molecule has 0 fully saturated rings. The van der Waals surface area contributed by atoms with Gasteiger partial charge in [-0.15, -0.1) is 0 Å². The Labute approximate surface area is 202 Å². The minimum Gasteiger partial charge on any atom is -0.343 e. The molecule has 0 radical (unpaired) electrons. The van der Waals surface area contributed by atoms with E-state index in [0.29, 0.717) is 17.4 Å². The third kappa shape index (κ3) is 4.64. The van der Waals surface area contributed by atoms with Gasteiger partial charge in [-0.3, -0.25) is 19.3 Å². The number of hydrogen-bond donors (Lipinski definition) is 3. The number of nitrogens with zero attached hydrogens (tertiary/aromatic N) is 3. The maximum Gasteiger partial charge on any atom is 0.251 e. The first-order valence-electron chi connectivity index (χ1n) is 11.2. The number of para-hydroxylation sites is 1. The molecule has 10 heteroatoms. The molecule has 3 aromatic rings. The maximum absolute atomic E-state index is 13.8. The summed E-state index contributed by atoms with van der Waals surface area (Å²) in [6.45, 7) is 5.44. The van der Waals surface area contributed by atoms with Gasteiger partial charge in [-0.1, -0.05) is 43.4 Å². The van der Waals surface area contributed by atoms with Gasteiger partial charge < -0.3 is 16.0 Å². The minimum atomic E-state index is -0.811. The highest BCUT2D eigenvalue weighted by molar-refractivity contribution is 7.22.